The van der Waals surface area contributed by atoms with Gasteiger partial charge in [-0.25, -0.2) is 4.98 Å². The summed E-state index contributed by atoms with van der Waals surface area (Å²) in [7, 11) is 0. The Morgan fingerprint density at radius 1 is 1.63 bits per heavy atom. The molecule has 0 radical (unpaired) electrons. The molecule has 0 spiro atoms. The highest BCUT2D eigenvalue weighted by Gasteiger charge is 2.10. The average molecular weight is 299 g/mol. The molecule has 0 unspecified atom stereocenters. The van der Waals surface area contributed by atoms with Gasteiger partial charge in [0.25, 0.3) is 0 Å². The fourth-order valence-electron chi connectivity index (χ4n) is 1.68. The van der Waals surface area contributed by atoms with Crippen molar-refractivity contribution in [1.29, 1.82) is 0 Å². The number of hydrogen-bond donors (Lipinski definition) is 2. The van der Waals surface area contributed by atoms with Crippen molar-refractivity contribution in [2.75, 3.05) is 6.54 Å². The molecule has 0 bridgehead atoms. The van der Waals surface area contributed by atoms with E-state index in [2.05, 4.69) is 15.3 Å². The number of carbonyl (C=O) groups excluding carboxylic acids is 1. The zero-order chi connectivity index (χ0) is 14.0. The van der Waals surface area contributed by atoms with E-state index in [0.29, 0.717) is 27.9 Å². The van der Waals surface area contributed by atoms with Crippen LogP contribution in [0.15, 0.2) is 12.3 Å². The van der Waals surface area contributed by atoms with Crippen molar-refractivity contribution in [2.45, 2.75) is 20.4 Å². The molecular weight excluding hydrogens is 284 g/mol. The summed E-state index contributed by atoms with van der Waals surface area (Å²) in [4.78, 5) is 19.0. The highest BCUT2D eigenvalue weighted by Crippen LogP contribution is 2.16. The molecular formula is C12H15ClN4OS. The SMILES string of the molecule is CC(C)CNC(=O)Cn1c(=S)[nH]c2cc(Cl)cnc21. The van der Waals surface area contributed by atoms with Gasteiger partial charge in [0, 0.05) is 12.7 Å². The first kappa shape index (κ1) is 14.0. The van der Waals surface area contributed by atoms with Crippen LogP contribution in [-0.4, -0.2) is 27.0 Å². The number of hydrogen-bond acceptors (Lipinski definition) is 3. The molecule has 5 nitrogen and oxygen atoms in total. The van der Waals surface area contributed by atoms with Crippen molar-refractivity contribution < 1.29 is 4.79 Å². The Morgan fingerprint density at radius 3 is 3.05 bits per heavy atom. The number of rotatable bonds is 4. The number of pyridine rings is 1. The number of H-pyrrole nitrogens is 1. The number of carbonyl (C=O) groups is 1. The van der Waals surface area contributed by atoms with Crippen LogP contribution in [0, 0.1) is 10.7 Å². The van der Waals surface area contributed by atoms with E-state index in [0.717, 1.165) is 5.52 Å². The number of imidazole rings is 1. The number of aromatic nitrogens is 3. The Labute approximate surface area is 121 Å². The standard InChI is InChI=1S/C12H15ClN4OS/c1-7(2)4-14-10(18)6-17-11-9(16-12(17)19)3-8(13)5-15-11/h3,5,7H,4,6H2,1-2H3,(H,14,18)(H,16,19). The molecule has 0 aliphatic carbocycles. The highest BCUT2D eigenvalue weighted by atomic mass is 35.5. The van der Waals surface area contributed by atoms with E-state index >= 15 is 0 Å². The maximum Gasteiger partial charge on any atom is 0.240 e. The van der Waals surface area contributed by atoms with E-state index in [1.54, 1.807) is 10.6 Å². The van der Waals surface area contributed by atoms with Crippen molar-refractivity contribution in [3.63, 3.8) is 0 Å². The third-order valence-corrected chi connectivity index (χ3v) is 3.11. The van der Waals surface area contributed by atoms with Crippen molar-refractivity contribution in [3.05, 3.63) is 22.1 Å². The second-order valence-corrected chi connectivity index (χ2v) is 5.56. The third-order valence-electron chi connectivity index (χ3n) is 2.58. The van der Waals surface area contributed by atoms with Gasteiger partial charge in [-0.05, 0) is 24.2 Å². The molecule has 1 amide bonds. The van der Waals surface area contributed by atoms with E-state index in [-0.39, 0.29) is 12.5 Å². The summed E-state index contributed by atoms with van der Waals surface area (Å²) in [5.41, 5.74) is 1.36. The quantitative estimate of drug-likeness (QED) is 0.853. The Balaban J connectivity index is 2.23. The molecule has 2 heterocycles. The number of amides is 1. The summed E-state index contributed by atoms with van der Waals surface area (Å²) in [5, 5.41) is 3.38. The van der Waals surface area contributed by atoms with Crippen molar-refractivity contribution in [1.82, 2.24) is 19.9 Å². The van der Waals surface area contributed by atoms with Crippen LogP contribution in [0.5, 0.6) is 0 Å². The molecule has 19 heavy (non-hydrogen) atoms. The molecule has 0 aliphatic heterocycles. The Bertz CT molecular complexity index is 661. The Kier molecular flexibility index (Phi) is 4.21. The third kappa shape index (κ3) is 3.33. The minimum absolute atomic E-state index is 0.0811. The fourth-order valence-corrected chi connectivity index (χ4v) is 2.10. The molecule has 0 saturated carbocycles. The van der Waals surface area contributed by atoms with E-state index < -0.39 is 0 Å². The lowest BCUT2D eigenvalue weighted by Crippen LogP contribution is -2.30. The predicted molar refractivity (Wildman–Crippen MR) is 77.8 cm³/mol. The van der Waals surface area contributed by atoms with Gasteiger partial charge in [-0.2, -0.15) is 0 Å². The van der Waals surface area contributed by atoms with Crippen LogP contribution >= 0.6 is 23.8 Å². The molecule has 2 rings (SSSR count). The largest absolute Gasteiger partial charge is 0.354 e. The van der Waals surface area contributed by atoms with E-state index in [9.17, 15) is 4.79 Å². The zero-order valence-corrected chi connectivity index (χ0v) is 12.3. The molecule has 2 aromatic heterocycles. The van der Waals surface area contributed by atoms with Crippen LogP contribution in [0.2, 0.25) is 5.02 Å². The van der Waals surface area contributed by atoms with Gasteiger partial charge in [-0.15, -0.1) is 0 Å². The molecule has 102 valence electrons. The van der Waals surface area contributed by atoms with Gasteiger partial charge in [0.15, 0.2) is 10.4 Å². The monoisotopic (exact) mass is 298 g/mol. The predicted octanol–water partition coefficient (Wildman–Crippen LogP) is 2.52. The summed E-state index contributed by atoms with van der Waals surface area (Å²) >= 11 is 11.1. The van der Waals surface area contributed by atoms with Gasteiger partial charge in [0.2, 0.25) is 5.91 Å². The zero-order valence-electron chi connectivity index (χ0n) is 10.7. The smallest absolute Gasteiger partial charge is 0.240 e. The second kappa shape index (κ2) is 5.71. The van der Waals surface area contributed by atoms with Gasteiger partial charge in [0.1, 0.15) is 6.54 Å². The molecule has 0 atom stereocenters. The summed E-state index contributed by atoms with van der Waals surface area (Å²) < 4.78 is 2.13. The maximum absolute atomic E-state index is 11.8. The first-order chi connectivity index (χ1) is 8.97. The number of nitrogens with zero attached hydrogens (tertiary/aromatic N) is 2. The van der Waals surface area contributed by atoms with Gasteiger partial charge in [0.05, 0.1) is 10.5 Å². The van der Waals surface area contributed by atoms with Crippen LogP contribution in [-0.2, 0) is 11.3 Å². The first-order valence-corrected chi connectivity index (χ1v) is 6.76. The average Bonchev–Trinajstić information content (AvgIpc) is 2.62. The van der Waals surface area contributed by atoms with Crippen LogP contribution in [0.1, 0.15) is 13.8 Å². The highest BCUT2D eigenvalue weighted by molar-refractivity contribution is 7.71. The molecule has 0 saturated heterocycles. The number of nitrogens with one attached hydrogen (secondary N) is 2. The summed E-state index contributed by atoms with van der Waals surface area (Å²) in [6, 6.07) is 1.74. The van der Waals surface area contributed by atoms with Crippen LogP contribution in [0.3, 0.4) is 0 Å². The lowest BCUT2D eigenvalue weighted by atomic mass is 10.2. The molecule has 0 aliphatic rings. The fraction of sp³-hybridized carbons (Fsp3) is 0.417. The van der Waals surface area contributed by atoms with Gasteiger partial charge in [-0.3, -0.25) is 9.36 Å². The molecule has 7 heteroatoms. The van der Waals surface area contributed by atoms with Crippen LogP contribution in [0.25, 0.3) is 11.2 Å². The summed E-state index contributed by atoms with van der Waals surface area (Å²) in [6.07, 6.45) is 1.54. The normalized spacial score (nSPS) is 11.2. The lowest BCUT2D eigenvalue weighted by Gasteiger charge is -2.08. The summed E-state index contributed by atoms with van der Waals surface area (Å²) in [6.45, 7) is 4.89. The lowest BCUT2D eigenvalue weighted by molar-refractivity contribution is -0.121. The Hall–Kier alpha value is -1.40. The number of halogens is 1. The van der Waals surface area contributed by atoms with Gasteiger partial charge >= 0.3 is 0 Å². The summed E-state index contributed by atoms with van der Waals surface area (Å²) in [5.74, 6) is 0.333. The number of aromatic amines is 1. The van der Waals surface area contributed by atoms with Gasteiger partial charge in [-0.1, -0.05) is 25.4 Å². The minimum Gasteiger partial charge on any atom is -0.354 e. The number of fused-ring (bicyclic) bond motifs is 1. The second-order valence-electron chi connectivity index (χ2n) is 4.74. The molecule has 2 N–H and O–H groups in total. The molecule has 2 aromatic rings. The van der Waals surface area contributed by atoms with E-state index in [4.69, 9.17) is 23.8 Å². The van der Waals surface area contributed by atoms with Crippen LogP contribution < -0.4 is 5.32 Å². The van der Waals surface area contributed by atoms with Crippen molar-refractivity contribution in [2.24, 2.45) is 5.92 Å². The minimum atomic E-state index is -0.0811. The Morgan fingerprint density at radius 2 is 2.37 bits per heavy atom. The first-order valence-electron chi connectivity index (χ1n) is 5.98. The van der Waals surface area contributed by atoms with E-state index in [1.165, 1.54) is 6.20 Å². The van der Waals surface area contributed by atoms with E-state index in [1.807, 2.05) is 13.8 Å². The molecule has 0 aromatic carbocycles. The van der Waals surface area contributed by atoms with Crippen molar-refractivity contribution in [3.8, 4) is 0 Å². The maximum atomic E-state index is 11.8. The molecule has 0 fully saturated rings. The van der Waals surface area contributed by atoms with Gasteiger partial charge < -0.3 is 10.3 Å². The topological polar surface area (TPSA) is 62.7 Å². The van der Waals surface area contributed by atoms with Crippen molar-refractivity contribution >= 4 is 40.9 Å². The van der Waals surface area contributed by atoms with Crippen LogP contribution in [0.4, 0.5) is 0 Å².